The molecule has 0 bridgehead atoms. The summed E-state index contributed by atoms with van der Waals surface area (Å²) in [6.07, 6.45) is 3.37. The molecule has 0 aliphatic carbocycles. The second-order valence-electron chi connectivity index (χ2n) is 8.01. The third-order valence-electron chi connectivity index (χ3n) is 5.82. The third kappa shape index (κ3) is 4.91. The molecule has 0 saturated heterocycles. The van der Waals surface area contributed by atoms with Crippen molar-refractivity contribution in [2.45, 2.75) is 45.7 Å². The van der Waals surface area contributed by atoms with Crippen molar-refractivity contribution in [3.05, 3.63) is 95.1 Å². The number of amides is 1. The van der Waals surface area contributed by atoms with Crippen molar-refractivity contribution in [3.63, 3.8) is 0 Å². The van der Waals surface area contributed by atoms with Gasteiger partial charge in [0, 0.05) is 12.1 Å². The number of hydrogen-bond donors (Lipinski definition) is 0. The Morgan fingerprint density at radius 1 is 0.935 bits per heavy atom. The number of ether oxygens (including phenoxy) is 2. The lowest BCUT2D eigenvalue weighted by molar-refractivity contribution is 0.0674. The highest BCUT2D eigenvalue weighted by Crippen LogP contribution is 2.34. The van der Waals surface area contributed by atoms with Gasteiger partial charge < -0.3 is 14.4 Å². The number of unbranched alkanes of at least 4 members (excludes halogenated alkanes) is 1. The van der Waals surface area contributed by atoms with E-state index >= 15 is 0 Å². The summed E-state index contributed by atoms with van der Waals surface area (Å²) in [6.45, 7) is 5.00. The fourth-order valence-electron chi connectivity index (χ4n) is 3.89. The lowest BCUT2D eigenvalue weighted by Crippen LogP contribution is -2.33. The molecule has 4 nitrogen and oxygen atoms in total. The molecule has 1 aliphatic rings. The van der Waals surface area contributed by atoms with Crippen molar-refractivity contribution < 1.29 is 14.3 Å². The van der Waals surface area contributed by atoms with E-state index in [4.69, 9.17) is 9.47 Å². The second-order valence-corrected chi connectivity index (χ2v) is 8.01. The molecule has 0 fully saturated rings. The minimum atomic E-state index is -0.0705. The van der Waals surface area contributed by atoms with Crippen LogP contribution in [0.2, 0.25) is 0 Å². The van der Waals surface area contributed by atoms with E-state index in [1.54, 1.807) is 0 Å². The Labute approximate surface area is 184 Å². The number of carbonyl (C=O) groups is 1. The molecule has 0 N–H and O–H groups in total. The van der Waals surface area contributed by atoms with Crippen molar-refractivity contribution in [2.75, 3.05) is 6.79 Å². The number of aryl methyl sites for hydroxylation is 1. The van der Waals surface area contributed by atoms with Crippen molar-refractivity contribution in [3.8, 4) is 11.5 Å². The van der Waals surface area contributed by atoms with Crippen LogP contribution in [0.4, 0.5) is 0 Å². The maximum atomic E-state index is 13.6. The van der Waals surface area contributed by atoms with E-state index in [1.165, 1.54) is 12.0 Å². The van der Waals surface area contributed by atoms with Crippen LogP contribution in [0.1, 0.15) is 59.8 Å². The maximum Gasteiger partial charge on any atom is 0.254 e. The lowest BCUT2D eigenvalue weighted by atomic mass is 10.0. The Morgan fingerprint density at radius 3 is 2.39 bits per heavy atom. The van der Waals surface area contributed by atoms with Gasteiger partial charge in [-0.3, -0.25) is 4.79 Å². The minimum absolute atomic E-state index is 0.0241. The number of nitrogens with zero attached hydrogens (tertiary/aromatic N) is 1. The highest BCUT2D eigenvalue weighted by molar-refractivity contribution is 5.94. The first-order valence-corrected chi connectivity index (χ1v) is 11.0. The van der Waals surface area contributed by atoms with Crippen LogP contribution in [0.3, 0.4) is 0 Å². The zero-order valence-corrected chi connectivity index (χ0v) is 18.2. The average Bonchev–Trinajstić information content (AvgIpc) is 3.29. The van der Waals surface area contributed by atoms with Gasteiger partial charge in [-0.2, -0.15) is 0 Å². The normalized spacial score (nSPS) is 13.1. The summed E-state index contributed by atoms with van der Waals surface area (Å²) in [7, 11) is 0. The molecule has 31 heavy (non-hydrogen) atoms. The first kappa shape index (κ1) is 21.0. The zero-order valence-electron chi connectivity index (χ0n) is 18.2. The van der Waals surface area contributed by atoms with E-state index in [-0.39, 0.29) is 18.7 Å². The molecule has 1 heterocycles. The smallest absolute Gasteiger partial charge is 0.254 e. The summed E-state index contributed by atoms with van der Waals surface area (Å²) >= 11 is 0. The molecule has 1 atom stereocenters. The Balaban J connectivity index is 1.60. The molecule has 3 aromatic rings. The van der Waals surface area contributed by atoms with E-state index < -0.39 is 0 Å². The van der Waals surface area contributed by atoms with Gasteiger partial charge in [0.25, 0.3) is 5.91 Å². The van der Waals surface area contributed by atoms with Crippen LogP contribution in [0.25, 0.3) is 0 Å². The number of rotatable bonds is 8. The van der Waals surface area contributed by atoms with Crippen LogP contribution in [0.15, 0.2) is 72.8 Å². The fourth-order valence-corrected chi connectivity index (χ4v) is 3.89. The molecular formula is C27H29NO3. The lowest BCUT2D eigenvalue weighted by Gasteiger charge is -2.30. The van der Waals surface area contributed by atoms with Crippen molar-refractivity contribution in [1.82, 2.24) is 4.90 Å². The van der Waals surface area contributed by atoms with Crippen LogP contribution in [0, 0.1) is 0 Å². The first-order valence-electron chi connectivity index (χ1n) is 11.0. The van der Waals surface area contributed by atoms with Gasteiger partial charge >= 0.3 is 0 Å². The molecule has 0 radical (unpaired) electrons. The molecule has 160 valence electrons. The molecule has 1 aliphatic heterocycles. The van der Waals surface area contributed by atoms with Crippen LogP contribution in [-0.2, 0) is 13.0 Å². The molecule has 0 saturated carbocycles. The summed E-state index contributed by atoms with van der Waals surface area (Å²) in [5, 5.41) is 0. The summed E-state index contributed by atoms with van der Waals surface area (Å²) in [4.78, 5) is 15.5. The highest BCUT2D eigenvalue weighted by atomic mass is 16.7. The Bertz CT molecular complexity index is 1010. The fraction of sp³-hybridized carbons (Fsp3) is 0.296. The van der Waals surface area contributed by atoms with Gasteiger partial charge in [-0.25, -0.2) is 0 Å². The van der Waals surface area contributed by atoms with Crippen molar-refractivity contribution in [1.29, 1.82) is 0 Å². The topological polar surface area (TPSA) is 38.8 Å². The molecule has 4 rings (SSSR count). The van der Waals surface area contributed by atoms with Crippen LogP contribution in [0.5, 0.6) is 11.5 Å². The minimum Gasteiger partial charge on any atom is -0.454 e. The first-order chi connectivity index (χ1) is 15.2. The summed E-state index contributed by atoms with van der Waals surface area (Å²) in [5.41, 5.74) is 4.11. The Morgan fingerprint density at radius 2 is 1.65 bits per heavy atom. The van der Waals surface area contributed by atoms with Crippen LogP contribution >= 0.6 is 0 Å². The summed E-state index contributed by atoms with van der Waals surface area (Å²) in [5.74, 6) is 1.51. The third-order valence-corrected chi connectivity index (χ3v) is 5.82. The van der Waals surface area contributed by atoms with Gasteiger partial charge in [0.2, 0.25) is 6.79 Å². The molecule has 4 heteroatoms. The quantitative estimate of drug-likeness (QED) is 0.442. The van der Waals surface area contributed by atoms with E-state index in [0.29, 0.717) is 12.1 Å². The number of fused-ring (bicyclic) bond motifs is 1. The van der Waals surface area contributed by atoms with E-state index in [9.17, 15) is 4.79 Å². The number of hydrogen-bond acceptors (Lipinski definition) is 3. The molecule has 3 aromatic carbocycles. The van der Waals surface area contributed by atoms with Gasteiger partial charge in [-0.05, 0) is 60.7 Å². The van der Waals surface area contributed by atoms with Crippen LogP contribution < -0.4 is 9.47 Å². The van der Waals surface area contributed by atoms with Gasteiger partial charge in [0.05, 0.1) is 6.04 Å². The Hall–Kier alpha value is -3.27. The van der Waals surface area contributed by atoms with Crippen molar-refractivity contribution >= 4 is 5.91 Å². The van der Waals surface area contributed by atoms with Crippen LogP contribution in [-0.4, -0.2) is 17.6 Å². The highest BCUT2D eigenvalue weighted by Gasteiger charge is 2.24. The van der Waals surface area contributed by atoms with Gasteiger partial charge in [0.1, 0.15) is 0 Å². The van der Waals surface area contributed by atoms with Gasteiger partial charge in [-0.15, -0.1) is 0 Å². The predicted molar refractivity (Wildman–Crippen MR) is 122 cm³/mol. The SMILES string of the molecule is CCCCc1ccc(C(=O)N(Cc2ccc3c(c2)OCO3)C(C)c2ccccc2)cc1. The van der Waals surface area contributed by atoms with E-state index in [1.807, 2.05) is 53.4 Å². The number of carbonyl (C=O) groups excluding carboxylic acids is 1. The number of benzene rings is 3. The second kappa shape index (κ2) is 9.69. The average molecular weight is 416 g/mol. The molecule has 1 unspecified atom stereocenters. The Kier molecular flexibility index (Phi) is 6.56. The largest absolute Gasteiger partial charge is 0.454 e. The van der Waals surface area contributed by atoms with E-state index in [2.05, 4.69) is 38.1 Å². The summed E-state index contributed by atoms with van der Waals surface area (Å²) < 4.78 is 11.0. The zero-order chi connectivity index (χ0) is 21.6. The monoisotopic (exact) mass is 415 g/mol. The molecular weight excluding hydrogens is 386 g/mol. The van der Waals surface area contributed by atoms with E-state index in [0.717, 1.165) is 35.5 Å². The molecule has 0 spiro atoms. The molecule has 0 aromatic heterocycles. The predicted octanol–water partition coefficient (Wildman–Crippen LogP) is 6.16. The van der Waals surface area contributed by atoms with Gasteiger partial charge in [-0.1, -0.05) is 61.9 Å². The standard InChI is InChI=1S/C27H29NO3/c1-3-4-8-21-11-14-24(15-12-21)27(29)28(20(2)23-9-6-5-7-10-23)18-22-13-16-25-26(17-22)31-19-30-25/h5-7,9-17,20H,3-4,8,18-19H2,1-2H3. The summed E-state index contributed by atoms with van der Waals surface area (Å²) in [6, 6.07) is 24.0. The molecule has 1 amide bonds. The maximum absolute atomic E-state index is 13.6. The van der Waals surface area contributed by atoms with Crippen molar-refractivity contribution in [2.24, 2.45) is 0 Å². The van der Waals surface area contributed by atoms with Gasteiger partial charge in [0.15, 0.2) is 11.5 Å².